The Kier molecular flexibility index (Phi) is 11.0. The smallest absolute Gasteiger partial charge is 0.191 e. The van der Waals surface area contributed by atoms with Gasteiger partial charge in [0.25, 0.3) is 0 Å². The summed E-state index contributed by atoms with van der Waals surface area (Å²) < 4.78 is 0. The second-order valence-electron chi connectivity index (χ2n) is 5.26. The van der Waals surface area contributed by atoms with Gasteiger partial charge in [0, 0.05) is 36.6 Å². The normalized spacial score (nSPS) is 13.0. The maximum atomic E-state index is 4.63. The van der Waals surface area contributed by atoms with E-state index in [1.165, 1.54) is 9.88 Å². The van der Waals surface area contributed by atoms with Gasteiger partial charge in [-0.3, -0.25) is 4.99 Å². The molecule has 1 aromatic heterocycles. The van der Waals surface area contributed by atoms with Crippen molar-refractivity contribution in [1.29, 1.82) is 0 Å². The van der Waals surface area contributed by atoms with Crippen molar-refractivity contribution in [2.24, 2.45) is 10.9 Å². The van der Waals surface area contributed by atoms with Crippen LogP contribution in [0.25, 0.3) is 0 Å². The monoisotopic (exact) mass is 424 g/mol. The van der Waals surface area contributed by atoms with E-state index in [0.29, 0.717) is 12.0 Å². The molecule has 2 N–H and O–H groups in total. The summed E-state index contributed by atoms with van der Waals surface area (Å²) in [6, 6.07) is 0.416. The van der Waals surface area contributed by atoms with Gasteiger partial charge in [-0.1, -0.05) is 20.8 Å². The summed E-state index contributed by atoms with van der Waals surface area (Å²) in [7, 11) is 0. The highest BCUT2D eigenvalue weighted by molar-refractivity contribution is 14.0. The van der Waals surface area contributed by atoms with E-state index in [4.69, 9.17) is 0 Å². The number of hydrogen-bond acceptors (Lipinski definition) is 3. The molecule has 21 heavy (non-hydrogen) atoms. The van der Waals surface area contributed by atoms with E-state index in [2.05, 4.69) is 55.2 Å². The zero-order valence-corrected chi connectivity index (χ0v) is 16.9. The Morgan fingerprint density at radius 2 is 2.05 bits per heavy atom. The third-order valence-corrected chi connectivity index (χ3v) is 4.46. The average Bonchev–Trinajstić information content (AvgIpc) is 2.86. The lowest BCUT2D eigenvalue weighted by molar-refractivity contribution is 0.481. The van der Waals surface area contributed by atoms with Crippen molar-refractivity contribution in [3.63, 3.8) is 0 Å². The summed E-state index contributed by atoms with van der Waals surface area (Å²) in [5.41, 5.74) is 0. The largest absolute Gasteiger partial charge is 0.357 e. The molecule has 0 aliphatic carbocycles. The fraction of sp³-hybridized carbons (Fsp3) is 0.733. The predicted molar refractivity (Wildman–Crippen MR) is 104 cm³/mol. The first-order valence-electron chi connectivity index (χ1n) is 7.55. The summed E-state index contributed by atoms with van der Waals surface area (Å²) in [5, 5.41) is 7.91. The van der Waals surface area contributed by atoms with E-state index in [1.54, 1.807) is 11.3 Å². The van der Waals surface area contributed by atoms with Crippen LogP contribution in [-0.4, -0.2) is 30.1 Å². The molecule has 122 valence electrons. The molecular formula is C15H29IN4S. The Hall–Kier alpha value is -0.370. The minimum atomic E-state index is 0. The number of thiazole rings is 1. The first-order valence-corrected chi connectivity index (χ1v) is 8.36. The van der Waals surface area contributed by atoms with Gasteiger partial charge in [-0.2, -0.15) is 0 Å². The SMILES string of the molecule is CCNC(=NCCc1ncc(CC)s1)NC(C)C(C)C.I. The fourth-order valence-electron chi connectivity index (χ4n) is 1.59. The first-order chi connectivity index (χ1) is 9.56. The van der Waals surface area contributed by atoms with Gasteiger partial charge in [0.2, 0.25) is 0 Å². The van der Waals surface area contributed by atoms with Gasteiger partial charge in [-0.05, 0) is 26.2 Å². The molecular weight excluding hydrogens is 395 g/mol. The molecule has 1 rings (SSSR count). The molecule has 1 aromatic rings. The molecule has 0 spiro atoms. The molecule has 0 fully saturated rings. The van der Waals surface area contributed by atoms with Gasteiger partial charge >= 0.3 is 0 Å². The molecule has 0 saturated heterocycles. The number of aromatic nitrogens is 1. The van der Waals surface area contributed by atoms with Crippen molar-refractivity contribution in [3.05, 3.63) is 16.1 Å². The lowest BCUT2D eigenvalue weighted by Crippen LogP contribution is -2.44. The van der Waals surface area contributed by atoms with Crippen molar-refractivity contribution in [2.45, 2.75) is 53.5 Å². The Labute approximate surface area is 150 Å². The van der Waals surface area contributed by atoms with Crippen molar-refractivity contribution in [1.82, 2.24) is 15.6 Å². The average molecular weight is 424 g/mol. The number of rotatable bonds is 7. The summed E-state index contributed by atoms with van der Waals surface area (Å²) in [5.74, 6) is 1.49. The van der Waals surface area contributed by atoms with Gasteiger partial charge in [0.15, 0.2) is 5.96 Å². The Balaban J connectivity index is 0.00000400. The quantitative estimate of drug-likeness (QED) is 0.401. The van der Waals surface area contributed by atoms with E-state index in [0.717, 1.165) is 31.9 Å². The van der Waals surface area contributed by atoms with Gasteiger partial charge in [0.1, 0.15) is 0 Å². The number of aliphatic imine (C=N–C) groups is 1. The second-order valence-corrected chi connectivity index (χ2v) is 6.46. The highest BCUT2D eigenvalue weighted by Crippen LogP contribution is 2.13. The van der Waals surface area contributed by atoms with Crippen LogP contribution < -0.4 is 10.6 Å². The zero-order valence-electron chi connectivity index (χ0n) is 13.8. The molecule has 0 aliphatic rings. The van der Waals surface area contributed by atoms with Crippen LogP contribution >= 0.6 is 35.3 Å². The van der Waals surface area contributed by atoms with Crippen molar-refractivity contribution in [2.75, 3.05) is 13.1 Å². The van der Waals surface area contributed by atoms with Crippen LogP contribution in [0.15, 0.2) is 11.2 Å². The number of nitrogens with zero attached hydrogens (tertiary/aromatic N) is 2. The lowest BCUT2D eigenvalue weighted by atomic mass is 10.1. The van der Waals surface area contributed by atoms with Gasteiger partial charge in [-0.25, -0.2) is 4.98 Å². The number of guanidine groups is 1. The van der Waals surface area contributed by atoms with E-state index >= 15 is 0 Å². The maximum absolute atomic E-state index is 4.63. The molecule has 1 heterocycles. The van der Waals surface area contributed by atoms with E-state index < -0.39 is 0 Å². The fourth-order valence-corrected chi connectivity index (χ4v) is 2.44. The van der Waals surface area contributed by atoms with Crippen LogP contribution in [0.4, 0.5) is 0 Å². The molecule has 1 atom stereocenters. The lowest BCUT2D eigenvalue weighted by Gasteiger charge is -2.20. The van der Waals surface area contributed by atoms with Crippen molar-refractivity contribution in [3.8, 4) is 0 Å². The van der Waals surface area contributed by atoms with Crippen LogP contribution in [0.2, 0.25) is 0 Å². The van der Waals surface area contributed by atoms with Gasteiger partial charge in [0.05, 0.1) is 5.01 Å². The van der Waals surface area contributed by atoms with Crippen molar-refractivity contribution >= 4 is 41.3 Å². The van der Waals surface area contributed by atoms with E-state index in [1.807, 2.05) is 6.20 Å². The predicted octanol–water partition coefficient (Wildman–Crippen LogP) is 3.47. The number of aryl methyl sites for hydroxylation is 1. The van der Waals surface area contributed by atoms with Crippen molar-refractivity contribution < 1.29 is 0 Å². The molecule has 0 aliphatic heterocycles. The maximum Gasteiger partial charge on any atom is 0.191 e. The standard InChI is InChI=1S/C15H28N4S.HI/c1-6-13-10-18-14(20-13)8-9-17-15(16-7-2)19-12(5)11(3)4;/h10-12H,6-9H2,1-5H3,(H2,16,17,19);1H. The first kappa shape index (κ1) is 20.6. The molecule has 0 aromatic carbocycles. The van der Waals surface area contributed by atoms with E-state index in [-0.39, 0.29) is 24.0 Å². The number of hydrogen-bond donors (Lipinski definition) is 2. The molecule has 0 bridgehead atoms. The molecule has 4 nitrogen and oxygen atoms in total. The van der Waals surface area contributed by atoms with Gasteiger partial charge in [-0.15, -0.1) is 35.3 Å². The molecule has 0 amide bonds. The van der Waals surface area contributed by atoms with Crippen LogP contribution in [0.1, 0.15) is 44.5 Å². The van der Waals surface area contributed by atoms with Crippen LogP contribution in [0.3, 0.4) is 0 Å². The minimum Gasteiger partial charge on any atom is -0.357 e. The Morgan fingerprint density at radius 3 is 2.57 bits per heavy atom. The zero-order chi connectivity index (χ0) is 15.0. The number of nitrogens with one attached hydrogen (secondary N) is 2. The summed E-state index contributed by atoms with van der Waals surface area (Å²) in [4.78, 5) is 10.4. The minimum absolute atomic E-state index is 0. The van der Waals surface area contributed by atoms with E-state index in [9.17, 15) is 0 Å². The topological polar surface area (TPSA) is 49.3 Å². The second kappa shape index (κ2) is 11.2. The highest BCUT2D eigenvalue weighted by Gasteiger charge is 2.08. The highest BCUT2D eigenvalue weighted by atomic mass is 127. The number of halogens is 1. The van der Waals surface area contributed by atoms with Crippen LogP contribution in [0.5, 0.6) is 0 Å². The third-order valence-electron chi connectivity index (χ3n) is 3.25. The Bertz CT molecular complexity index is 418. The van der Waals surface area contributed by atoms with Crippen LogP contribution in [0, 0.1) is 5.92 Å². The Morgan fingerprint density at radius 1 is 1.33 bits per heavy atom. The third kappa shape index (κ3) is 7.99. The summed E-state index contributed by atoms with van der Waals surface area (Å²) in [6.45, 7) is 12.5. The summed E-state index contributed by atoms with van der Waals surface area (Å²) in [6.07, 6.45) is 3.96. The molecule has 1 unspecified atom stereocenters. The van der Waals surface area contributed by atoms with Crippen LogP contribution in [-0.2, 0) is 12.8 Å². The van der Waals surface area contributed by atoms with Gasteiger partial charge < -0.3 is 10.6 Å². The molecule has 6 heteroatoms. The summed E-state index contributed by atoms with van der Waals surface area (Å²) >= 11 is 1.80. The molecule has 0 radical (unpaired) electrons. The molecule has 0 saturated carbocycles.